The highest BCUT2D eigenvalue weighted by Gasteiger charge is 2.34. The topological polar surface area (TPSA) is 25.2 Å². The Labute approximate surface area is 130 Å². The van der Waals surface area contributed by atoms with Crippen molar-refractivity contribution >= 4 is 31.9 Å². The van der Waals surface area contributed by atoms with Crippen LogP contribution in [0.25, 0.3) is 0 Å². The zero-order valence-corrected chi connectivity index (χ0v) is 13.4. The molecule has 108 valence electrons. The van der Waals surface area contributed by atoms with E-state index in [1.54, 1.807) is 19.2 Å². The van der Waals surface area contributed by atoms with Crippen LogP contribution in [-0.4, -0.2) is 7.05 Å². The van der Waals surface area contributed by atoms with Crippen LogP contribution in [0.2, 0.25) is 0 Å². The Hall–Kier alpha value is -0.790. The van der Waals surface area contributed by atoms with E-state index in [-0.39, 0.29) is 4.47 Å². The first kappa shape index (κ1) is 15.6. The van der Waals surface area contributed by atoms with E-state index in [1.165, 1.54) is 12.3 Å². The normalized spacial score (nSPS) is 13.5. The molecule has 0 aliphatic heterocycles. The van der Waals surface area contributed by atoms with Gasteiger partial charge in [-0.2, -0.15) is 13.2 Å². The number of halogens is 5. The second-order valence-corrected chi connectivity index (χ2v) is 5.80. The molecular formula is C13H10Br2F3NO. The molecule has 0 saturated heterocycles. The summed E-state index contributed by atoms with van der Waals surface area (Å²) in [5.41, 5.74) is -0.239. The first-order valence-corrected chi connectivity index (χ1v) is 7.20. The fourth-order valence-electron chi connectivity index (χ4n) is 1.90. The van der Waals surface area contributed by atoms with E-state index >= 15 is 0 Å². The number of hydrogen-bond acceptors (Lipinski definition) is 2. The van der Waals surface area contributed by atoms with Gasteiger partial charge in [0.25, 0.3) is 0 Å². The quantitative estimate of drug-likeness (QED) is 0.755. The van der Waals surface area contributed by atoms with Crippen molar-refractivity contribution in [1.82, 2.24) is 5.32 Å². The Morgan fingerprint density at radius 2 is 1.85 bits per heavy atom. The summed E-state index contributed by atoms with van der Waals surface area (Å²) in [5.74, 6) is 0.531. The van der Waals surface area contributed by atoms with Crippen LogP contribution < -0.4 is 5.32 Å². The van der Waals surface area contributed by atoms with Crippen molar-refractivity contribution in [2.75, 3.05) is 7.05 Å². The molecule has 0 aliphatic carbocycles. The second-order valence-electron chi connectivity index (χ2n) is 4.09. The Balaban J connectivity index is 2.49. The van der Waals surface area contributed by atoms with Gasteiger partial charge in [0.2, 0.25) is 0 Å². The van der Waals surface area contributed by atoms with Crippen LogP contribution in [0, 0.1) is 0 Å². The molecule has 20 heavy (non-hydrogen) atoms. The highest BCUT2D eigenvalue weighted by Crippen LogP contribution is 2.38. The first-order valence-electron chi connectivity index (χ1n) is 5.61. The van der Waals surface area contributed by atoms with Crippen molar-refractivity contribution in [2.45, 2.75) is 12.2 Å². The van der Waals surface area contributed by atoms with Gasteiger partial charge in [-0.25, -0.2) is 0 Å². The van der Waals surface area contributed by atoms with Crippen molar-refractivity contribution in [1.29, 1.82) is 0 Å². The van der Waals surface area contributed by atoms with Gasteiger partial charge in [-0.3, -0.25) is 0 Å². The van der Waals surface area contributed by atoms with Gasteiger partial charge in [-0.05, 0) is 46.7 Å². The SMILES string of the molecule is CNC(c1ccc(Br)c(C(F)(F)F)c1)c1occc1Br. The number of furan rings is 1. The lowest BCUT2D eigenvalue weighted by Crippen LogP contribution is -2.18. The van der Waals surface area contributed by atoms with Gasteiger partial charge in [-0.1, -0.05) is 22.0 Å². The van der Waals surface area contributed by atoms with E-state index in [0.717, 1.165) is 6.07 Å². The van der Waals surface area contributed by atoms with Crippen LogP contribution in [0.5, 0.6) is 0 Å². The molecule has 2 rings (SSSR count). The molecule has 0 spiro atoms. The minimum Gasteiger partial charge on any atom is -0.466 e. The third-order valence-corrected chi connectivity index (χ3v) is 4.17. The lowest BCUT2D eigenvalue weighted by atomic mass is 10.0. The monoisotopic (exact) mass is 411 g/mol. The van der Waals surface area contributed by atoms with E-state index in [2.05, 4.69) is 37.2 Å². The predicted octanol–water partition coefficient (Wildman–Crippen LogP) is 5.13. The summed E-state index contributed by atoms with van der Waals surface area (Å²) in [7, 11) is 1.66. The van der Waals surface area contributed by atoms with Crippen LogP contribution >= 0.6 is 31.9 Å². The second kappa shape index (κ2) is 5.91. The molecule has 1 unspecified atom stereocenters. The fourth-order valence-corrected chi connectivity index (χ4v) is 2.80. The molecule has 1 aromatic carbocycles. The summed E-state index contributed by atoms with van der Waals surface area (Å²) < 4.78 is 44.8. The molecule has 0 fully saturated rings. The molecule has 1 aromatic heterocycles. The van der Waals surface area contributed by atoms with Crippen molar-refractivity contribution in [2.24, 2.45) is 0 Å². The molecule has 1 atom stereocenters. The van der Waals surface area contributed by atoms with E-state index < -0.39 is 17.8 Å². The van der Waals surface area contributed by atoms with Crippen molar-refractivity contribution in [3.05, 3.63) is 56.4 Å². The molecule has 1 N–H and O–H groups in total. The van der Waals surface area contributed by atoms with E-state index in [9.17, 15) is 13.2 Å². The van der Waals surface area contributed by atoms with Gasteiger partial charge in [0.05, 0.1) is 22.3 Å². The predicted molar refractivity (Wildman–Crippen MR) is 76.5 cm³/mol. The zero-order chi connectivity index (χ0) is 14.9. The molecule has 0 bridgehead atoms. The van der Waals surface area contributed by atoms with Crippen LogP contribution in [-0.2, 0) is 6.18 Å². The average Bonchev–Trinajstić information content (AvgIpc) is 2.77. The zero-order valence-electron chi connectivity index (χ0n) is 10.3. The number of rotatable bonds is 3. The molecule has 0 aliphatic rings. The smallest absolute Gasteiger partial charge is 0.417 e. The third-order valence-electron chi connectivity index (χ3n) is 2.82. The highest BCUT2D eigenvalue weighted by atomic mass is 79.9. The molecule has 2 nitrogen and oxygen atoms in total. The molecular weight excluding hydrogens is 403 g/mol. The van der Waals surface area contributed by atoms with E-state index in [0.29, 0.717) is 15.8 Å². The van der Waals surface area contributed by atoms with Gasteiger partial charge in [-0.15, -0.1) is 0 Å². The van der Waals surface area contributed by atoms with Gasteiger partial charge < -0.3 is 9.73 Å². The maximum Gasteiger partial charge on any atom is 0.417 e. The van der Waals surface area contributed by atoms with Gasteiger partial charge in [0.15, 0.2) is 0 Å². The summed E-state index contributed by atoms with van der Waals surface area (Å²) in [5, 5.41) is 2.95. The largest absolute Gasteiger partial charge is 0.466 e. The fraction of sp³-hybridized carbons (Fsp3) is 0.231. The number of nitrogens with one attached hydrogen (secondary N) is 1. The summed E-state index contributed by atoms with van der Waals surface area (Å²) in [6.45, 7) is 0. The number of alkyl halides is 3. The first-order chi connectivity index (χ1) is 9.34. The van der Waals surface area contributed by atoms with Crippen LogP contribution in [0.1, 0.15) is 22.9 Å². The Kier molecular flexibility index (Phi) is 4.61. The molecule has 0 amide bonds. The maximum atomic E-state index is 12.9. The van der Waals surface area contributed by atoms with Gasteiger partial charge in [0, 0.05) is 4.47 Å². The minimum atomic E-state index is -4.41. The Morgan fingerprint density at radius 3 is 2.35 bits per heavy atom. The molecule has 7 heteroatoms. The summed E-state index contributed by atoms with van der Waals surface area (Å²) in [6, 6.07) is 5.35. The average molecular weight is 413 g/mol. The van der Waals surface area contributed by atoms with E-state index in [1.807, 2.05) is 0 Å². The van der Waals surface area contributed by atoms with Crippen molar-refractivity contribution in [3.63, 3.8) is 0 Å². The van der Waals surface area contributed by atoms with Crippen molar-refractivity contribution < 1.29 is 17.6 Å². The maximum absolute atomic E-state index is 12.9. The standard InChI is InChI=1S/C13H10Br2F3NO/c1-19-11(12-10(15)4-5-20-12)7-2-3-9(14)8(6-7)13(16,17)18/h2-6,11,19H,1H3. The van der Waals surface area contributed by atoms with Crippen LogP contribution in [0.3, 0.4) is 0 Å². The van der Waals surface area contributed by atoms with Crippen LogP contribution in [0.4, 0.5) is 13.2 Å². The minimum absolute atomic E-state index is 0.0158. The molecule has 2 aromatic rings. The number of hydrogen-bond donors (Lipinski definition) is 1. The summed E-state index contributed by atoms with van der Waals surface area (Å²) in [6.07, 6.45) is -2.93. The highest BCUT2D eigenvalue weighted by molar-refractivity contribution is 9.10. The van der Waals surface area contributed by atoms with Crippen molar-refractivity contribution in [3.8, 4) is 0 Å². The third kappa shape index (κ3) is 3.10. The van der Waals surface area contributed by atoms with Gasteiger partial charge >= 0.3 is 6.18 Å². The van der Waals surface area contributed by atoms with Crippen LogP contribution in [0.15, 0.2) is 43.9 Å². The number of benzene rings is 1. The lowest BCUT2D eigenvalue weighted by Gasteiger charge is -2.17. The molecule has 0 radical (unpaired) electrons. The van der Waals surface area contributed by atoms with Gasteiger partial charge in [0.1, 0.15) is 5.76 Å². The Bertz CT molecular complexity index is 610. The summed E-state index contributed by atoms with van der Waals surface area (Å²) >= 11 is 6.24. The lowest BCUT2D eigenvalue weighted by molar-refractivity contribution is -0.138. The molecule has 1 heterocycles. The molecule has 0 saturated carbocycles. The Morgan fingerprint density at radius 1 is 1.15 bits per heavy atom. The summed E-state index contributed by atoms with van der Waals surface area (Å²) in [4.78, 5) is 0. The van der Waals surface area contributed by atoms with E-state index in [4.69, 9.17) is 4.42 Å².